The van der Waals surface area contributed by atoms with Gasteiger partial charge in [-0.15, -0.1) is 0 Å². The molecule has 0 aliphatic heterocycles. The van der Waals surface area contributed by atoms with Gasteiger partial charge in [-0.05, 0) is 27.6 Å². The monoisotopic (exact) mass is 304 g/mol. The molecule has 1 heterocycles. The molecule has 0 radical (unpaired) electrons. The second kappa shape index (κ2) is 8.06. The predicted octanol–water partition coefficient (Wildman–Crippen LogP) is 1.95. The number of hydrogen-bond acceptors (Lipinski definition) is 6. The van der Waals surface area contributed by atoms with Gasteiger partial charge in [0.05, 0.1) is 13.2 Å². The number of aromatic nitrogens is 1. The van der Waals surface area contributed by atoms with Crippen molar-refractivity contribution in [2.45, 2.75) is 12.7 Å². The molecule has 7 heteroatoms. The number of benzene rings is 1. The smallest absolute Gasteiger partial charge is 0.406 e. The minimum Gasteiger partial charge on any atom is -0.483 e. The van der Waals surface area contributed by atoms with Gasteiger partial charge in [-0.1, -0.05) is 30.3 Å². The molecule has 0 spiro atoms. The Kier molecular flexibility index (Phi) is 5.81. The second-order valence-electron chi connectivity index (χ2n) is 4.55. The van der Waals surface area contributed by atoms with Crippen LogP contribution < -0.4 is 4.74 Å². The average Bonchev–Trinajstić information content (AvgIpc) is 2.54. The molecule has 2 aromatic rings. The molecule has 1 aromatic carbocycles. The Bertz CT molecular complexity index is 606. The molecule has 1 N–H and O–H groups in total. The maximum atomic E-state index is 10.8. The van der Waals surface area contributed by atoms with E-state index in [0.29, 0.717) is 6.61 Å². The lowest BCUT2D eigenvalue weighted by Crippen LogP contribution is -2.23. The van der Waals surface area contributed by atoms with E-state index in [1.54, 1.807) is 0 Å². The van der Waals surface area contributed by atoms with Crippen LogP contribution in [0.25, 0.3) is 0 Å². The molecule has 0 amide bonds. The summed E-state index contributed by atoms with van der Waals surface area (Å²) < 4.78 is 10.6. The third kappa shape index (κ3) is 4.80. The lowest BCUT2D eigenvalue weighted by atomic mass is 10.2. The maximum Gasteiger partial charge on any atom is 0.406 e. The van der Waals surface area contributed by atoms with Gasteiger partial charge in [0, 0.05) is 0 Å². The van der Waals surface area contributed by atoms with Crippen LogP contribution in [0.3, 0.4) is 0 Å². The molecule has 7 nitrogen and oxygen atoms in total. The van der Waals surface area contributed by atoms with E-state index in [0.717, 1.165) is 5.56 Å². The fourth-order valence-electron chi connectivity index (χ4n) is 1.75. The Morgan fingerprint density at radius 3 is 2.68 bits per heavy atom. The van der Waals surface area contributed by atoms with E-state index < -0.39 is 11.0 Å². The molecule has 0 bridgehead atoms. The molecule has 1 unspecified atom stereocenters. The molecule has 1 atom stereocenters. The topological polar surface area (TPSA) is 94.7 Å². The average molecular weight is 304 g/mol. The summed E-state index contributed by atoms with van der Waals surface area (Å²) in [5.74, 6) is -0.352. The first-order valence-corrected chi connectivity index (χ1v) is 6.68. The third-order valence-electron chi connectivity index (χ3n) is 2.78. The highest BCUT2D eigenvalue weighted by molar-refractivity contribution is 5.38. The lowest BCUT2D eigenvalue weighted by Gasteiger charge is -2.12. The van der Waals surface area contributed by atoms with Crippen LogP contribution in [0.15, 0.2) is 48.7 Å². The van der Waals surface area contributed by atoms with Crippen molar-refractivity contribution in [1.29, 1.82) is 0 Å². The van der Waals surface area contributed by atoms with Gasteiger partial charge in [0.2, 0.25) is 5.75 Å². The van der Waals surface area contributed by atoms with Crippen molar-refractivity contribution >= 4 is 5.82 Å². The van der Waals surface area contributed by atoms with Crippen molar-refractivity contribution < 1.29 is 19.5 Å². The molecular formula is C15H16N2O5. The van der Waals surface area contributed by atoms with Crippen molar-refractivity contribution in [3.63, 3.8) is 0 Å². The summed E-state index contributed by atoms with van der Waals surface area (Å²) in [6.07, 6.45) is 0.424. The van der Waals surface area contributed by atoms with Gasteiger partial charge in [0.25, 0.3) is 0 Å². The van der Waals surface area contributed by atoms with Crippen molar-refractivity contribution in [1.82, 2.24) is 4.98 Å². The van der Waals surface area contributed by atoms with Crippen LogP contribution in [0.1, 0.15) is 5.56 Å². The van der Waals surface area contributed by atoms with Crippen LogP contribution in [0, 0.1) is 10.1 Å². The summed E-state index contributed by atoms with van der Waals surface area (Å²) in [5, 5.41) is 20.5. The van der Waals surface area contributed by atoms with Gasteiger partial charge < -0.3 is 24.7 Å². The Labute approximate surface area is 127 Å². The molecule has 0 aliphatic carbocycles. The maximum absolute atomic E-state index is 10.8. The van der Waals surface area contributed by atoms with Crippen molar-refractivity contribution in [2.24, 2.45) is 0 Å². The number of pyridine rings is 1. The van der Waals surface area contributed by atoms with E-state index in [4.69, 9.17) is 9.47 Å². The second-order valence-corrected chi connectivity index (χ2v) is 4.55. The molecule has 2 rings (SSSR count). The van der Waals surface area contributed by atoms with Crippen LogP contribution in [-0.2, 0) is 11.3 Å². The van der Waals surface area contributed by atoms with Gasteiger partial charge in [-0.2, -0.15) is 0 Å². The van der Waals surface area contributed by atoms with Crippen molar-refractivity contribution in [3.8, 4) is 5.75 Å². The first-order valence-electron chi connectivity index (χ1n) is 6.68. The van der Waals surface area contributed by atoms with Crippen LogP contribution in [0.5, 0.6) is 5.75 Å². The SMILES string of the molecule is O=[N+]([O-])c1ncccc1OCC(O)COCc1ccccc1. The summed E-state index contributed by atoms with van der Waals surface area (Å²) in [5.41, 5.74) is 0.999. The molecule has 22 heavy (non-hydrogen) atoms. The summed E-state index contributed by atoms with van der Waals surface area (Å²) >= 11 is 0. The van der Waals surface area contributed by atoms with Crippen molar-refractivity contribution in [2.75, 3.05) is 13.2 Å². The first kappa shape index (κ1) is 15.9. The van der Waals surface area contributed by atoms with Crippen LogP contribution in [-0.4, -0.2) is 34.3 Å². The van der Waals surface area contributed by atoms with Crippen LogP contribution >= 0.6 is 0 Å². The summed E-state index contributed by atoms with van der Waals surface area (Å²) in [6.45, 7) is 0.342. The fraction of sp³-hybridized carbons (Fsp3) is 0.267. The van der Waals surface area contributed by atoms with Gasteiger partial charge >= 0.3 is 5.82 Å². The quantitative estimate of drug-likeness (QED) is 0.591. The molecule has 0 fully saturated rings. The van der Waals surface area contributed by atoms with E-state index in [9.17, 15) is 15.2 Å². The van der Waals surface area contributed by atoms with Gasteiger partial charge in [0.1, 0.15) is 18.9 Å². The Hall–Kier alpha value is -2.51. The van der Waals surface area contributed by atoms with Gasteiger partial charge in [-0.3, -0.25) is 0 Å². The number of nitro groups is 1. The minimum atomic E-state index is -0.886. The third-order valence-corrected chi connectivity index (χ3v) is 2.78. The highest BCUT2D eigenvalue weighted by Gasteiger charge is 2.16. The van der Waals surface area contributed by atoms with E-state index in [1.807, 2.05) is 30.3 Å². The molecule has 0 aliphatic rings. The Morgan fingerprint density at radius 1 is 1.18 bits per heavy atom. The molecular weight excluding hydrogens is 288 g/mol. The summed E-state index contributed by atoms with van der Waals surface area (Å²) in [4.78, 5) is 13.8. The van der Waals surface area contributed by atoms with Crippen molar-refractivity contribution in [3.05, 3.63) is 64.3 Å². The highest BCUT2D eigenvalue weighted by atomic mass is 16.6. The zero-order valence-electron chi connectivity index (χ0n) is 11.8. The van der Waals surface area contributed by atoms with Gasteiger partial charge in [0.15, 0.2) is 0 Å². The van der Waals surface area contributed by atoms with Crippen LogP contribution in [0.4, 0.5) is 5.82 Å². The number of aliphatic hydroxyl groups excluding tert-OH is 1. The standard InChI is InChI=1S/C15H16N2O5/c18-13(10-21-9-12-5-2-1-3-6-12)11-22-14-7-4-8-16-15(14)17(19)20/h1-8,13,18H,9-11H2. The predicted molar refractivity (Wildman–Crippen MR) is 78.5 cm³/mol. The molecule has 116 valence electrons. The first-order chi connectivity index (χ1) is 10.7. The van der Waals surface area contributed by atoms with Crippen LogP contribution in [0.2, 0.25) is 0 Å². The van der Waals surface area contributed by atoms with E-state index in [2.05, 4.69) is 4.98 Å². The molecule has 1 aromatic heterocycles. The Morgan fingerprint density at radius 2 is 1.95 bits per heavy atom. The number of ether oxygens (including phenoxy) is 2. The fourth-order valence-corrected chi connectivity index (χ4v) is 1.75. The molecule has 0 saturated carbocycles. The normalized spacial score (nSPS) is 11.9. The number of aliphatic hydroxyl groups is 1. The largest absolute Gasteiger partial charge is 0.483 e. The number of hydrogen-bond donors (Lipinski definition) is 1. The molecule has 0 saturated heterocycles. The Balaban J connectivity index is 1.76. The zero-order chi connectivity index (χ0) is 15.8. The lowest BCUT2D eigenvalue weighted by molar-refractivity contribution is -0.390. The number of rotatable bonds is 8. The number of nitrogens with zero attached hydrogens (tertiary/aromatic N) is 2. The van der Waals surface area contributed by atoms with E-state index in [1.165, 1.54) is 18.3 Å². The summed E-state index contributed by atoms with van der Waals surface area (Å²) in [6, 6.07) is 12.5. The highest BCUT2D eigenvalue weighted by Crippen LogP contribution is 2.22. The minimum absolute atomic E-state index is 0.0228. The van der Waals surface area contributed by atoms with Gasteiger partial charge in [-0.25, -0.2) is 0 Å². The zero-order valence-corrected chi connectivity index (χ0v) is 11.8. The summed E-state index contributed by atoms with van der Waals surface area (Å²) in [7, 11) is 0. The van der Waals surface area contributed by atoms with E-state index in [-0.39, 0.29) is 24.8 Å². The van der Waals surface area contributed by atoms with E-state index >= 15 is 0 Å².